The molecule has 2 fully saturated rings. The number of hydrogen-bond acceptors (Lipinski definition) is 5. The first-order chi connectivity index (χ1) is 12.8. The molecule has 7 nitrogen and oxygen atoms in total. The van der Waals surface area contributed by atoms with Gasteiger partial charge < -0.3 is 10.1 Å². The summed E-state index contributed by atoms with van der Waals surface area (Å²) in [5.41, 5.74) is 0. The van der Waals surface area contributed by atoms with Gasteiger partial charge >= 0.3 is 5.97 Å². The summed E-state index contributed by atoms with van der Waals surface area (Å²) in [5.74, 6) is -0.563. The normalized spacial score (nSPS) is 21.6. The summed E-state index contributed by atoms with van der Waals surface area (Å²) >= 11 is 5.81. The Hall–Kier alpha value is -1.64. The van der Waals surface area contributed by atoms with E-state index in [-0.39, 0.29) is 23.4 Å². The molecule has 1 N–H and O–H groups in total. The van der Waals surface area contributed by atoms with E-state index >= 15 is 0 Å². The fourth-order valence-corrected chi connectivity index (χ4v) is 5.02. The molecular weight excluding hydrogens is 392 g/mol. The minimum Gasteiger partial charge on any atom is -0.454 e. The Morgan fingerprint density at radius 3 is 2.56 bits per heavy atom. The van der Waals surface area contributed by atoms with Crippen LogP contribution in [0.3, 0.4) is 0 Å². The van der Waals surface area contributed by atoms with Crippen molar-refractivity contribution in [1.82, 2.24) is 9.62 Å². The number of benzene rings is 1. The van der Waals surface area contributed by atoms with Crippen molar-refractivity contribution in [3.8, 4) is 0 Å². The van der Waals surface area contributed by atoms with Gasteiger partial charge in [0.15, 0.2) is 6.61 Å². The second kappa shape index (κ2) is 8.16. The number of nitrogens with zero attached hydrogens (tertiary/aromatic N) is 1. The van der Waals surface area contributed by atoms with Crippen molar-refractivity contribution in [3.63, 3.8) is 0 Å². The average molecular weight is 415 g/mol. The van der Waals surface area contributed by atoms with E-state index in [9.17, 15) is 18.0 Å². The van der Waals surface area contributed by atoms with Gasteiger partial charge in [0.2, 0.25) is 10.0 Å². The lowest BCUT2D eigenvalue weighted by Gasteiger charge is -2.23. The molecule has 1 aromatic rings. The van der Waals surface area contributed by atoms with E-state index in [0.29, 0.717) is 23.8 Å². The molecule has 0 unspecified atom stereocenters. The lowest BCUT2D eigenvalue weighted by atomic mass is 10.2. The van der Waals surface area contributed by atoms with E-state index in [1.165, 1.54) is 24.3 Å². The van der Waals surface area contributed by atoms with Gasteiger partial charge in [0.05, 0.1) is 4.90 Å². The van der Waals surface area contributed by atoms with Gasteiger partial charge in [-0.15, -0.1) is 0 Å². The average Bonchev–Trinajstić information content (AvgIpc) is 3.36. The van der Waals surface area contributed by atoms with Gasteiger partial charge in [0.1, 0.15) is 6.04 Å². The number of ether oxygens (including phenoxy) is 1. The second-order valence-electron chi connectivity index (χ2n) is 7.03. The van der Waals surface area contributed by atoms with Crippen LogP contribution in [0.15, 0.2) is 29.2 Å². The molecule has 1 saturated heterocycles. The van der Waals surface area contributed by atoms with Crippen molar-refractivity contribution in [1.29, 1.82) is 0 Å². The monoisotopic (exact) mass is 414 g/mol. The number of nitrogens with one attached hydrogen (secondary N) is 1. The third-order valence-corrected chi connectivity index (χ3v) is 7.13. The van der Waals surface area contributed by atoms with E-state index in [4.69, 9.17) is 16.3 Å². The number of halogens is 1. The Bertz CT molecular complexity index is 808. The molecule has 2 aliphatic rings. The molecular formula is C18H23ClN2O5S. The molecule has 0 bridgehead atoms. The third-order valence-electron chi connectivity index (χ3n) is 4.96. The summed E-state index contributed by atoms with van der Waals surface area (Å²) in [6.45, 7) is 1.76. The molecule has 9 heteroatoms. The van der Waals surface area contributed by atoms with Gasteiger partial charge in [-0.05, 0) is 62.8 Å². The Morgan fingerprint density at radius 1 is 1.26 bits per heavy atom. The minimum absolute atomic E-state index is 0.0597. The molecule has 0 aromatic heterocycles. The molecule has 148 valence electrons. The van der Waals surface area contributed by atoms with Crippen LogP contribution in [0.5, 0.6) is 0 Å². The smallest absolute Gasteiger partial charge is 0.324 e. The van der Waals surface area contributed by atoms with E-state index < -0.39 is 28.6 Å². The van der Waals surface area contributed by atoms with Gasteiger partial charge in [-0.3, -0.25) is 9.59 Å². The van der Waals surface area contributed by atoms with E-state index in [1.54, 1.807) is 0 Å². The number of esters is 1. The van der Waals surface area contributed by atoms with Crippen LogP contribution in [-0.4, -0.2) is 49.8 Å². The molecule has 0 radical (unpaired) electrons. The van der Waals surface area contributed by atoms with Crippen molar-refractivity contribution in [2.24, 2.45) is 5.92 Å². The van der Waals surface area contributed by atoms with Crippen molar-refractivity contribution in [3.05, 3.63) is 29.3 Å². The molecule has 0 spiro atoms. The molecule has 1 aromatic carbocycles. The number of rotatable bonds is 7. The highest BCUT2D eigenvalue weighted by Crippen LogP contribution is 2.32. The zero-order valence-electron chi connectivity index (χ0n) is 15.1. The van der Waals surface area contributed by atoms with Crippen molar-refractivity contribution in [2.75, 3.05) is 13.2 Å². The summed E-state index contributed by atoms with van der Waals surface area (Å²) in [5, 5.41) is 3.23. The zero-order chi connectivity index (χ0) is 19.6. The quantitative estimate of drug-likeness (QED) is 0.688. The predicted octanol–water partition coefficient (Wildman–Crippen LogP) is 1.95. The first-order valence-electron chi connectivity index (χ1n) is 9.02. The zero-order valence-corrected chi connectivity index (χ0v) is 16.6. The fourth-order valence-electron chi connectivity index (χ4n) is 3.25. The maximum atomic E-state index is 12.8. The van der Waals surface area contributed by atoms with Crippen LogP contribution in [0.4, 0.5) is 0 Å². The standard InChI is InChI=1S/C18H23ClN2O5S/c1-12(13-4-5-13)20-17(22)11-26-18(23)16-3-2-10-21(16)27(24,25)15-8-6-14(19)7-9-15/h6-9,12-13,16H,2-5,10-11H2,1H3,(H,20,22)/t12-,16-/m0/s1. The highest BCUT2D eigenvalue weighted by molar-refractivity contribution is 7.89. The summed E-state index contributed by atoms with van der Waals surface area (Å²) < 4.78 is 31.9. The number of amides is 1. The number of sulfonamides is 1. The topological polar surface area (TPSA) is 92.8 Å². The van der Waals surface area contributed by atoms with Crippen LogP contribution >= 0.6 is 11.6 Å². The first kappa shape index (κ1) is 20.1. The Labute approximate surface area is 164 Å². The molecule has 1 saturated carbocycles. The largest absolute Gasteiger partial charge is 0.454 e. The Balaban J connectivity index is 1.60. The van der Waals surface area contributed by atoms with Crippen LogP contribution in [0.1, 0.15) is 32.6 Å². The number of carbonyl (C=O) groups is 2. The Kier molecular flexibility index (Phi) is 6.08. The van der Waals surface area contributed by atoms with Crippen LogP contribution in [0.25, 0.3) is 0 Å². The van der Waals surface area contributed by atoms with Crippen molar-refractivity contribution >= 4 is 33.5 Å². The van der Waals surface area contributed by atoms with Crippen LogP contribution in [0, 0.1) is 5.92 Å². The van der Waals surface area contributed by atoms with Crippen molar-refractivity contribution in [2.45, 2.75) is 49.6 Å². The first-order valence-corrected chi connectivity index (χ1v) is 10.8. The van der Waals surface area contributed by atoms with Crippen molar-refractivity contribution < 1.29 is 22.7 Å². The second-order valence-corrected chi connectivity index (χ2v) is 9.36. The van der Waals surface area contributed by atoms with E-state index in [0.717, 1.165) is 17.1 Å². The molecule has 1 heterocycles. The van der Waals surface area contributed by atoms with Gasteiger partial charge in [-0.25, -0.2) is 8.42 Å². The predicted molar refractivity (Wildman–Crippen MR) is 99.7 cm³/mol. The summed E-state index contributed by atoms with van der Waals surface area (Å²) in [7, 11) is -3.84. The molecule has 2 atom stereocenters. The lowest BCUT2D eigenvalue weighted by molar-refractivity contribution is -0.151. The van der Waals surface area contributed by atoms with Gasteiger partial charge in [-0.1, -0.05) is 11.6 Å². The van der Waals surface area contributed by atoms with Crippen LogP contribution in [-0.2, 0) is 24.3 Å². The summed E-state index contributed by atoms with van der Waals surface area (Å²) in [6.07, 6.45) is 3.12. The maximum Gasteiger partial charge on any atom is 0.324 e. The summed E-state index contributed by atoms with van der Waals surface area (Å²) in [6, 6.07) is 4.94. The van der Waals surface area contributed by atoms with Gasteiger partial charge in [0.25, 0.3) is 5.91 Å². The molecule has 1 aliphatic heterocycles. The highest BCUT2D eigenvalue weighted by Gasteiger charge is 2.40. The van der Waals surface area contributed by atoms with E-state index in [2.05, 4.69) is 5.32 Å². The maximum absolute atomic E-state index is 12.8. The summed E-state index contributed by atoms with van der Waals surface area (Å²) in [4.78, 5) is 24.4. The number of carbonyl (C=O) groups excluding carboxylic acids is 2. The molecule has 27 heavy (non-hydrogen) atoms. The fraction of sp³-hybridized carbons (Fsp3) is 0.556. The van der Waals surface area contributed by atoms with Crippen LogP contribution in [0.2, 0.25) is 5.02 Å². The molecule has 3 rings (SSSR count). The van der Waals surface area contributed by atoms with Crippen LogP contribution < -0.4 is 5.32 Å². The number of hydrogen-bond donors (Lipinski definition) is 1. The lowest BCUT2D eigenvalue weighted by Crippen LogP contribution is -2.43. The van der Waals surface area contributed by atoms with Gasteiger partial charge in [-0.2, -0.15) is 4.31 Å². The third kappa shape index (κ3) is 4.80. The molecule has 1 amide bonds. The minimum atomic E-state index is -3.84. The SMILES string of the molecule is C[C@H](NC(=O)COC(=O)[C@@H]1CCCN1S(=O)(=O)c1ccc(Cl)cc1)C1CC1. The molecule has 1 aliphatic carbocycles. The van der Waals surface area contributed by atoms with E-state index in [1.807, 2.05) is 6.92 Å². The highest BCUT2D eigenvalue weighted by atomic mass is 35.5. The Morgan fingerprint density at radius 2 is 1.93 bits per heavy atom. The van der Waals surface area contributed by atoms with Gasteiger partial charge in [0, 0.05) is 17.6 Å².